The van der Waals surface area contributed by atoms with E-state index in [1.54, 1.807) is 19.5 Å². The van der Waals surface area contributed by atoms with E-state index in [-0.39, 0.29) is 5.54 Å². The molecule has 1 heterocycles. The summed E-state index contributed by atoms with van der Waals surface area (Å²) >= 11 is 5.18. The van der Waals surface area contributed by atoms with Gasteiger partial charge in [-0.2, -0.15) is 10.2 Å². The Labute approximate surface area is 141 Å². The van der Waals surface area contributed by atoms with Crippen LogP contribution in [-0.4, -0.2) is 34.2 Å². The molecular weight excluding hydrogens is 310 g/mol. The van der Waals surface area contributed by atoms with Gasteiger partial charge in [-0.3, -0.25) is 10.5 Å². The second kappa shape index (κ2) is 7.23. The van der Waals surface area contributed by atoms with Crippen molar-refractivity contribution in [3.8, 4) is 17.0 Å². The lowest BCUT2D eigenvalue weighted by molar-refractivity contribution is 0.415. The molecule has 7 heteroatoms. The molecule has 0 radical (unpaired) electrons. The number of rotatable bonds is 4. The third-order valence-electron chi connectivity index (χ3n) is 2.91. The van der Waals surface area contributed by atoms with Crippen molar-refractivity contribution in [2.24, 2.45) is 5.10 Å². The molecule has 0 amide bonds. The molecule has 1 aromatic heterocycles. The minimum Gasteiger partial charge on any atom is -0.497 e. The summed E-state index contributed by atoms with van der Waals surface area (Å²) in [5, 5.41) is 14.8. The molecule has 1 aromatic carbocycles. The van der Waals surface area contributed by atoms with Crippen molar-refractivity contribution in [2.45, 2.75) is 26.3 Å². The molecule has 0 saturated heterocycles. The zero-order valence-corrected chi connectivity index (χ0v) is 14.5. The van der Waals surface area contributed by atoms with E-state index in [0.29, 0.717) is 5.11 Å². The lowest BCUT2D eigenvalue weighted by Gasteiger charge is -2.21. The average Bonchev–Trinajstić information content (AvgIpc) is 2.94. The topological polar surface area (TPSA) is 74.3 Å². The monoisotopic (exact) mass is 331 g/mol. The van der Waals surface area contributed by atoms with Gasteiger partial charge < -0.3 is 10.1 Å². The van der Waals surface area contributed by atoms with Crippen molar-refractivity contribution >= 4 is 23.5 Å². The average molecular weight is 331 g/mol. The molecule has 0 aliphatic rings. The van der Waals surface area contributed by atoms with E-state index in [1.165, 1.54) is 0 Å². The fraction of sp³-hybridized carbons (Fsp3) is 0.312. The fourth-order valence-electron chi connectivity index (χ4n) is 1.91. The van der Waals surface area contributed by atoms with Crippen LogP contribution in [0.2, 0.25) is 0 Å². The van der Waals surface area contributed by atoms with Crippen molar-refractivity contribution < 1.29 is 4.74 Å². The summed E-state index contributed by atoms with van der Waals surface area (Å²) in [5.41, 5.74) is 5.44. The molecular formula is C16H21N5OS. The fourth-order valence-corrected chi connectivity index (χ4v) is 2.27. The molecule has 0 atom stereocenters. The number of thiocarbonyl (C=S) groups is 1. The van der Waals surface area contributed by atoms with Crippen LogP contribution in [0.15, 0.2) is 35.6 Å². The molecule has 23 heavy (non-hydrogen) atoms. The predicted octanol–water partition coefficient (Wildman–Crippen LogP) is 2.68. The maximum Gasteiger partial charge on any atom is 0.187 e. The van der Waals surface area contributed by atoms with Gasteiger partial charge in [-0.25, -0.2) is 0 Å². The van der Waals surface area contributed by atoms with E-state index < -0.39 is 0 Å². The SMILES string of the molecule is COc1ccc(-c2[nH]ncc2/C=N\NC(=S)NC(C)(C)C)cc1. The Morgan fingerprint density at radius 2 is 2.00 bits per heavy atom. The summed E-state index contributed by atoms with van der Waals surface area (Å²) in [5.74, 6) is 0.809. The van der Waals surface area contributed by atoms with E-state index in [0.717, 1.165) is 22.6 Å². The Bertz CT molecular complexity index is 685. The Morgan fingerprint density at radius 1 is 1.30 bits per heavy atom. The lowest BCUT2D eigenvalue weighted by Crippen LogP contribution is -2.44. The zero-order chi connectivity index (χ0) is 16.9. The van der Waals surface area contributed by atoms with Gasteiger partial charge in [-0.05, 0) is 57.3 Å². The number of hydrogen-bond donors (Lipinski definition) is 3. The highest BCUT2D eigenvalue weighted by molar-refractivity contribution is 7.80. The molecule has 0 saturated carbocycles. The van der Waals surface area contributed by atoms with E-state index in [2.05, 4.69) is 26.0 Å². The van der Waals surface area contributed by atoms with Gasteiger partial charge in [0.25, 0.3) is 0 Å². The van der Waals surface area contributed by atoms with Gasteiger partial charge in [0.05, 0.1) is 25.2 Å². The zero-order valence-electron chi connectivity index (χ0n) is 13.7. The Balaban J connectivity index is 2.06. The number of hydrazone groups is 1. The van der Waals surface area contributed by atoms with Crippen molar-refractivity contribution in [3.05, 3.63) is 36.0 Å². The van der Waals surface area contributed by atoms with E-state index in [9.17, 15) is 0 Å². The molecule has 0 aliphatic carbocycles. The van der Waals surface area contributed by atoms with Crippen LogP contribution < -0.4 is 15.5 Å². The van der Waals surface area contributed by atoms with E-state index in [4.69, 9.17) is 17.0 Å². The number of H-pyrrole nitrogens is 1. The number of hydrogen-bond acceptors (Lipinski definition) is 4. The van der Waals surface area contributed by atoms with Gasteiger partial charge in [-0.15, -0.1) is 0 Å². The maximum atomic E-state index is 5.18. The molecule has 2 rings (SSSR count). The van der Waals surface area contributed by atoms with Crippen LogP contribution in [0.25, 0.3) is 11.3 Å². The van der Waals surface area contributed by atoms with Crippen LogP contribution in [-0.2, 0) is 0 Å². The summed E-state index contributed by atoms with van der Waals surface area (Å²) in [6, 6.07) is 7.72. The molecule has 2 aromatic rings. The largest absolute Gasteiger partial charge is 0.497 e. The molecule has 0 unspecified atom stereocenters. The normalized spacial score (nSPS) is 11.5. The summed E-state index contributed by atoms with van der Waals surface area (Å²) in [4.78, 5) is 0. The molecule has 122 valence electrons. The van der Waals surface area contributed by atoms with Crippen molar-refractivity contribution in [1.82, 2.24) is 20.9 Å². The maximum absolute atomic E-state index is 5.18. The van der Waals surface area contributed by atoms with Gasteiger partial charge in [0.1, 0.15) is 5.75 Å². The third kappa shape index (κ3) is 5.07. The van der Waals surface area contributed by atoms with Crippen LogP contribution in [0.1, 0.15) is 26.3 Å². The number of ether oxygens (including phenoxy) is 1. The smallest absolute Gasteiger partial charge is 0.187 e. The lowest BCUT2D eigenvalue weighted by atomic mass is 10.1. The number of methoxy groups -OCH3 is 1. The first kappa shape index (κ1) is 17.0. The number of benzene rings is 1. The second-order valence-corrected chi connectivity index (χ2v) is 6.41. The number of aromatic amines is 1. The van der Waals surface area contributed by atoms with Gasteiger partial charge in [0, 0.05) is 16.7 Å². The van der Waals surface area contributed by atoms with Crippen LogP contribution in [0.4, 0.5) is 0 Å². The molecule has 3 N–H and O–H groups in total. The Morgan fingerprint density at radius 3 is 2.61 bits per heavy atom. The molecule has 0 fully saturated rings. The first-order chi connectivity index (χ1) is 10.9. The van der Waals surface area contributed by atoms with Crippen LogP contribution in [0.5, 0.6) is 5.75 Å². The summed E-state index contributed by atoms with van der Waals surface area (Å²) < 4.78 is 5.16. The van der Waals surface area contributed by atoms with Crippen LogP contribution >= 0.6 is 12.2 Å². The highest BCUT2D eigenvalue weighted by atomic mass is 32.1. The molecule has 0 bridgehead atoms. The van der Waals surface area contributed by atoms with Gasteiger partial charge >= 0.3 is 0 Å². The standard InChI is InChI=1S/C16H21N5OS/c1-16(2,3)19-15(23)21-18-10-12-9-17-20-14(12)11-5-7-13(22-4)8-6-11/h5-10H,1-4H3,(H,17,20)(H2,19,21,23)/b18-10-. The number of nitrogens with one attached hydrogen (secondary N) is 3. The van der Waals surface area contributed by atoms with Crippen molar-refractivity contribution in [3.63, 3.8) is 0 Å². The van der Waals surface area contributed by atoms with Gasteiger partial charge in [0.2, 0.25) is 0 Å². The minimum absolute atomic E-state index is 0.108. The molecule has 6 nitrogen and oxygen atoms in total. The first-order valence-electron chi connectivity index (χ1n) is 7.18. The predicted molar refractivity (Wildman–Crippen MR) is 96.8 cm³/mol. The Hall–Kier alpha value is -2.41. The second-order valence-electron chi connectivity index (χ2n) is 6.00. The summed E-state index contributed by atoms with van der Waals surface area (Å²) in [7, 11) is 1.64. The number of nitrogens with zero attached hydrogens (tertiary/aromatic N) is 2. The van der Waals surface area contributed by atoms with E-state index >= 15 is 0 Å². The molecule has 0 spiro atoms. The van der Waals surface area contributed by atoms with Crippen molar-refractivity contribution in [2.75, 3.05) is 7.11 Å². The number of aromatic nitrogens is 2. The minimum atomic E-state index is -0.108. The van der Waals surface area contributed by atoms with Crippen LogP contribution in [0.3, 0.4) is 0 Å². The quantitative estimate of drug-likeness (QED) is 0.456. The van der Waals surface area contributed by atoms with Gasteiger partial charge in [0.15, 0.2) is 5.11 Å². The summed E-state index contributed by atoms with van der Waals surface area (Å²) in [6.07, 6.45) is 3.39. The van der Waals surface area contributed by atoms with Gasteiger partial charge in [-0.1, -0.05) is 0 Å². The van der Waals surface area contributed by atoms with Crippen molar-refractivity contribution in [1.29, 1.82) is 0 Å². The van der Waals surface area contributed by atoms with Crippen LogP contribution in [0, 0.1) is 0 Å². The highest BCUT2D eigenvalue weighted by Gasteiger charge is 2.10. The molecule has 0 aliphatic heterocycles. The Kier molecular flexibility index (Phi) is 5.33. The van der Waals surface area contributed by atoms with E-state index in [1.807, 2.05) is 45.0 Å². The third-order valence-corrected chi connectivity index (χ3v) is 3.10. The summed E-state index contributed by atoms with van der Waals surface area (Å²) in [6.45, 7) is 6.09. The highest BCUT2D eigenvalue weighted by Crippen LogP contribution is 2.22. The first-order valence-corrected chi connectivity index (χ1v) is 7.59.